The summed E-state index contributed by atoms with van der Waals surface area (Å²) >= 11 is 6.05. The summed E-state index contributed by atoms with van der Waals surface area (Å²) in [4.78, 5) is 25.6. The number of benzene rings is 2. The Hall–Kier alpha value is -2.40. The second kappa shape index (κ2) is 6.79. The van der Waals surface area contributed by atoms with E-state index in [0.29, 0.717) is 21.8 Å². The summed E-state index contributed by atoms with van der Waals surface area (Å²) in [5.74, 6) is -1.17. The number of nitrogens with one attached hydrogen (secondary N) is 1. The Bertz CT molecular complexity index is 775. The number of anilines is 1. The number of carbonyl (C=O) groups excluding carboxylic acids is 2. The predicted octanol–water partition coefficient (Wildman–Crippen LogP) is 3.74. The van der Waals surface area contributed by atoms with Gasteiger partial charge >= 0.3 is 0 Å². The second-order valence-corrected chi connectivity index (χ2v) is 5.72. The highest BCUT2D eigenvalue weighted by Gasteiger charge is 2.14. The van der Waals surface area contributed by atoms with Crippen LogP contribution in [0.2, 0.25) is 5.02 Å². The lowest BCUT2D eigenvalue weighted by Gasteiger charge is -2.13. The summed E-state index contributed by atoms with van der Waals surface area (Å²) < 4.78 is 13.6. The molecular formula is C17H16ClFN2O2. The van der Waals surface area contributed by atoms with E-state index in [1.54, 1.807) is 27.1 Å². The Morgan fingerprint density at radius 2 is 1.74 bits per heavy atom. The first-order valence-corrected chi connectivity index (χ1v) is 7.26. The third kappa shape index (κ3) is 3.87. The zero-order valence-electron chi connectivity index (χ0n) is 13.0. The highest BCUT2D eigenvalue weighted by Crippen LogP contribution is 2.24. The molecular weight excluding hydrogens is 319 g/mol. The van der Waals surface area contributed by atoms with Gasteiger partial charge in [-0.25, -0.2) is 4.39 Å². The zero-order valence-corrected chi connectivity index (χ0v) is 13.7. The van der Waals surface area contributed by atoms with Crippen molar-refractivity contribution in [1.29, 1.82) is 0 Å². The summed E-state index contributed by atoms with van der Waals surface area (Å²) in [7, 11) is 3.26. The molecule has 4 nitrogen and oxygen atoms in total. The van der Waals surface area contributed by atoms with Crippen molar-refractivity contribution in [3.63, 3.8) is 0 Å². The van der Waals surface area contributed by atoms with Crippen LogP contribution >= 0.6 is 11.6 Å². The molecule has 1 N–H and O–H groups in total. The van der Waals surface area contributed by atoms with Crippen molar-refractivity contribution in [2.75, 3.05) is 19.4 Å². The monoisotopic (exact) mass is 334 g/mol. The van der Waals surface area contributed by atoms with Crippen LogP contribution in [0.1, 0.15) is 26.3 Å². The van der Waals surface area contributed by atoms with Gasteiger partial charge in [0.05, 0.1) is 10.7 Å². The third-order valence-corrected chi connectivity index (χ3v) is 3.63. The van der Waals surface area contributed by atoms with E-state index in [-0.39, 0.29) is 11.5 Å². The number of hydrogen-bond donors (Lipinski definition) is 1. The molecule has 0 aromatic heterocycles. The molecule has 0 spiro atoms. The Balaban J connectivity index is 2.28. The largest absolute Gasteiger partial charge is 0.345 e. The summed E-state index contributed by atoms with van der Waals surface area (Å²) in [6, 6.07) is 8.81. The first-order chi connectivity index (χ1) is 10.8. The molecule has 0 heterocycles. The molecule has 0 saturated heterocycles. The Labute approximate surface area is 138 Å². The molecule has 0 aliphatic heterocycles. The van der Waals surface area contributed by atoms with Crippen LogP contribution in [0, 0.1) is 12.7 Å². The minimum atomic E-state index is -0.500. The molecule has 2 rings (SSSR count). The molecule has 23 heavy (non-hydrogen) atoms. The number of hydrogen-bond acceptors (Lipinski definition) is 2. The molecule has 0 radical (unpaired) electrons. The van der Waals surface area contributed by atoms with E-state index in [4.69, 9.17) is 11.6 Å². The van der Waals surface area contributed by atoms with Crippen LogP contribution < -0.4 is 5.32 Å². The van der Waals surface area contributed by atoms with Crippen molar-refractivity contribution in [3.05, 3.63) is 63.9 Å². The van der Waals surface area contributed by atoms with E-state index in [1.807, 2.05) is 0 Å². The highest BCUT2D eigenvalue weighted by atomic mass is 35.5. The molecule has 0 atom stereocenters. The maximum absolute atomic E-state index is 13.6. The third-order valence-electron chi connectivity index (χ3n) is 3.30. The number of nitrogens with zero attached hydrogens (tertiary/aromatic N) is 1. The molecule has 0 bridgehead atoms. The number of amides is 2. The van der Waals surface area contributed by atoms with Gasteiger partial charge in [-0.1, -0.05) is 17.7 Å². The molecule has 2 aromatic carbocycles. The van der Waals surface area contributed by atoms with E-state index in [1.165, 1.54) is 29.2 Å². The van der Waals surface area contributed by atoms with Crippen LogP contribution in [0.15, 0.2) is 36.4 Å². The van der Waals surface area contributed by atoms with Crippen LogP contribution in [0.3, 0.4) is 0 Å². The van der Waals surface area contributed by atoms with E-state index in [9.17, 15) is 14.0 Å². The Kier molecular flexibility index (Phi) is 5.01. The van der Waals surface area contributed by atoms with Gasteiger partial charge in [-0.15, -0.1) is 0 Å². The first-order valence-electron chi connectivity index (χ1n) is 6.88. The van der Waals surface area contributed by atoms with Crippen molar-refractivity contribution in [2.24, 2.45) is 0 Å². The van der Waals surface area contributed by atoms with Crippen LogP contribution in [-0.4, -0.2) is 30.8 Å². The minimum Gasteiger partial charge on any atom is -0.345 e. The number of rotatable bonds is 3. The van der Waals surface area contributed by atoms with Crippen molar-refractivity contribution in [2.45, 2.75) is 6.92 Å². The number of carbonyl (C=O) groups is 2. The fraction of sp³-hybridized carbons (Fsp3) is 0.176. The van der Waals surface area contributed by atoms with E-state index >= 15 is 0 Å². The zero-order chi connectivity index (χ0) is 17.1. The van der Waals surface area contributed by atoms with Gasteiger partial charge in [-0.2, -0.15) is 0 Å². The summed E-state index contributed by atoms with van der Waals surface area (Å²) in [5.41, 5.74) is 1.32. The van der Waals surface area contributed by atoms with Crippen LogP contribution in [-0.2, 0) is 0 Å². The van der Waals surface area contributed by atoms with Crippen molar-refractivity contribution in [1.82, 2.24) is 4.90 Å². The van der Waals surface area contributed by atoms with Crippen LogP contribution in [0.4, 0.5) is 10.1 Å². The maximum Gasteiger partial charge on any atom is 0.255 e. The lowest BCUT2D eigenvalue weighted by atomic mass is 10.1. The van der Waals surface area contributed by atoms with Crippen molar-refractivity contribution in [3.8, 4) is 0 Å². The summed E-state index contributed by atoms with van der Waals surface area (Å²) in [6.45, 7) is 1.62. The molecule has 120 valence electrons. The van der Waals surface area contributed by atoms with E-state index in [2.05, 4.69) is 5.32 Å². The fourth-order valence-electron chi connectivity index (χ4n) is 1.94. The van der Waals surface area contributed by atoms with Crippen LogP contribution in [0.25, 0.3) is 0 Å². The van der Waals surface area contributed by atoms with E-state index in [0.717, 1.165) is 6.07 Å². The van der Waals surface area contributed by atoms with Gasteiger partial charge in [0, 0.05) is 25.2 Å². The van der Waals surface area contributed by atoms with Gasteiger partial charge < -0.3 is 10.2 Å². The normalized spacial score (nSPS) is 10.3. The fourth-order valence-corrected chi connectivity index (χ4v) is 2.11. The second-order valence-electron chi connectivity index (χ2n) is 5.31. The molecule has 2 amide bonds. The topological polar surface area (TPSA) is 49.4 Å². The molecule has 0 aliphatic rings. The standard InChI is InChI=1S/C17H16ClFN2O2/c1-10-4-5-11(8-14(10)19)16(22)20-15-9-12(6-7-13(15)18)17(23)21(2)3/h4-9H,1-3H3,(H,20,22). The minimum absolute atomic E-state index is 0.175. The molecule has 2 aromatic rings. The number of aryl methyl sites for hydroxylation is 1. The highest BCUT2D eigenvalue weighted by molar-refractivity contribution is 6.34. The lowest BCUT2D eigenvalue weighted by Crippen LogP contribution is -2.22. The van der Waals surface area contributed by atoms with Gasteiger partial charge in [-0.3, -0.25) is 9.59 Å². The molecule has 0 aliphatic carbocycles. The quantitative estimate of drug-likeness (QED) is 0.929. The van der Waals surface area contributed by atoms with E-state index < -0.39 is 11.7 Å². The Morgan fingerprint density at radius 3 is 2.35 bits per heavy atom. The lowest BCUT2D eigenvalue weighted by molar-refractivity contribution is 0.0827. The summed E-state index contributed by atoms with van der Waals surface area (Å²) in [5, 5.41) is 2.89. The van der Waals surface area contributed by atoms with Crippen LogP contribution in [0.5, 0.6) is 0 Å². The molecule has 0 fully saturated rings. The maximum atomic E-state index is 13.6. The predicted molar refractivity (Wildman–Crippen MR) is 88.6 cm³/mol. The van der Waals surface area contributed by atoms with Gasteiger partial charge in [0.2, 0.25) is 0 Å². The average Bonchev–Trinajstić information content (AvgIpc) is 2.51. The van der Waals surface area contributed by atoms with Crippen molar-refractivity contribution < 1.29 is 14.0 Å². The van der Waals surface area contributed by atoms with Gasteiger partial charge in [-0.05, 0) is 42.8 Å². The van der Waals surface area contributed by atoms with Gasteiger partial charge in [0.25, 0.3) is 11.8 Å². The molecule has 6 heteroatoms. The first kappa shape index (κ1) is 17.0. The molecule has 0 saturated carbocycles. The van der Waals surface area contributed by atoms with Gasteiger partial charge in [0.1, 0.15) is 5.82 Å². The smallest absolute Gasteiger partial charge is 0.255 e. The Morgan fingerprint density at radius 1 is 1.09 bits per heavy atom. The SMILES string of the molecule is Cc1ccc(C(=O)Nc2cc(C(=O)N(C)C)ccc2Cl)cc1F. The summed E-state index contributed by atoms with van der Waals surface area (Å²) in [6.07, 6.45) is 0. The van der Waals surface area contributed by atoms with Crippen molar-refractivity contribution >= 4 is 29.1 Å². The van der Waals surface area contributed by atoms with Gasteiger partial charge in [0.15, 0.2) is 0 Å². The number of halogens is 2. The average molecular weight is 335 g/mol. The molecule has 0 unspecified atom stereocenters.